The van der Waals surface area contributed by atoms with Crippen molar-refractivity contribution < 1.29 is 13.6 Å². The number of hydrogen-bond acceptors (Lipinski definition) is 2. The summed E-state index contributed by atoms with van der Waals surface area (Å²) in [6, 6.07) is 11.9. The lowest BCUT2D eigenvalue weighted by molar-refractivity contribution is -0.120. The standard InChI is InChI=1S/C16H12F2N2O/c17-14-6-5-13(15(18)8-14)7-16(21)20-10-12-3-1-11(9-19)2-4-12/h1-6,8H,7,10H2,(H,20,21). The van der Waals surface area contributed by atoms with Crippen LogP contribution in [0, 0.1) is 23.0 Å². The molecular formula is C16H12F2N2O. The first-order chi connectivity index (χ1) is 10.1. The number of nitrogens with zero attached hydrogens (tertiary/aromatic N) is 1. The van der Waals surface area contributed by atoms with Gasteiger partial charge in [0.15, 0.2) is 0 Å². The second-order valence-electron chi connectivity index (χ2n) is 4.50. The molecule has 1 amide bonds. The molecule has 0 radical (unpaired) electrons. The lowest BCUT2D eigenvalue weighted by atomic mass is 10.1. The van der Waals surface area contributed by atoms with Crippen LogP contribution in [0.15, 0.2) is 42.5 Å². The van der Waals surface area contributed by atoms with Crippen molar-refractivity contribution in [3.63, 3.8) is 0 Å². The minimum atomic E-state index is -0.733. The van der Waals surface area contributed by atoms with Crippen LogP contribution in [-0.2, 0) is 17.8 Å². The Morgan fingerprint density at radius 3 is 2.48 bits per heavy atom. The van der Waals surface area contributed by atoms with Crippen LogP contribution in [0.5, 0.6) is 0 Å². The molecule has 5 heteroatoms. The van der Waals surface area contributed by atoms with Gasteiger partial charge in [0.1, 0.15) is 11.6 Å². The van der Waals surface area contributed by atoms with Gasteiger partial charge < -0.3 is 5.32 Å². The van der Waals surface area contributed by atoms with Gasteiger partial charge in [0, 0.05) is 12.6 Å². The van der Waals surface area contributed by atoms with E-state index in [1.54, 1.807) is 24.3 Å². The van der Waals surface area contributed by atoms with Gasteiger partial charge in [-0.3, -0.25) is 4.79 Å². The maximum Gasteiger partial charge on any atom is 0.224 e. The van der Waals surface area contributed by atoms with Crippen molar-refractivity contribution in [2.45, 2.75) is 13.0 Å². The molecule has 0 saturated heterocycles. The fourth-order valence-electron chi connectivity index (χ4n) is 1.80. The number of rotatable bonds is 4. The van der Waals surface area contributed by atoms with Crippen LogP contribution < -0.4 is 5.32 Å². The Labute approximate surface area is 120 Å². The Morgan fingerprint density at radius 2 is 1.86 bits per heavy atom. The van der Waals surface area contributed by atoms with Crippen molar-refractivity contribution in [2.24, 2.45) is 0 Å². The van der Waals surface area contributed by atoms with E-state index in [0.717, 1.165) is 17.7 Å². The largest absolute Gasteiger partial charge is 0.352 e. The van der Waals surface area contributed by atoms with Crippen molar-refractivity contribution in [3.05, 3.63) is 70.8 Å². The van der Waals surface area contributed by atoms with Crippen molar-refractivity contribution in [1.29, 1.82) is 5.26 Å². The molecule has 2 aromatic rings. The maximum atomic E-state index is 13.4. The molecule has 0 saturated carbocycles. The van der Waals surface area contributed by atoms with Crippen LogP contribution in [-0.4, -0.2) is 5.91 Å². The Hall–Kier alpha value is -2.74. The van der Waals surface area contributed by atoms with E-state index in [0.29, 0.717) is 5.56 Å². The van der Waals surface area contributed by atoms with Gasteiger partial charge >= 0.3 is 0 Å². The summed E-state index contributed by atoms with van der Waals surface area (Å²) in [4.78, 5) is 11.7. The summed E-state index contributed by atoms with van der Waals surface area (Å²) >= 11 is 0. The molecule has 0 atom stereocenters. The molecule has 1 N–H and O–H groups in total. The zero-order valence-corrected chi connectivity index (χ0v) is 11.1. The average Bonchev–Trinajstić information content (AvgIpc) is 2.48. The van der Waals surface area contributed by atoms with Gasteiger partial charge in [-0.1, -0.05) is 18.2 Å². The zero-order chi connectivity index (χ0) is 15.2. The summed E-state index contributed by atoms with van der Waals surface area (Å²) < 4.78 is 26.2. The number of carbonyl (C=O) groups is 1. The van der Waals surface area contributed by atoms with E-state index in [4.69, 9.17) is 5.26 Å². The summed E-state index contributed by atoms with van der Waals surface area (Å²) in [7, 11) is 0. The summed E-state index contributed by atoms with van der Waals surface area (Å²) in [5.74, 6) is -1.76. The number of nitriles is 1. The molecule has 0 fully saturated rings. The number of benzene rings is 2. The van der Waals surface area contributed by atoms with Gasteiger partial charge in [0.25, 0.3) is 0 Å². The van der Waals surface area contributed by atoms with Crippen molar-refractivity contribution in [1.82, 2.24) is 5.32 Å². The molecule has 0 unspecified atom stereocenters. The van der Waals surface area contributed by atoms with Crippen LogP contribution in [0.25, 0.3) is 0 Å². The van der Waals surface area contributed by atoms with Gasteiger partial charge in [0.05, 0.1) is 18.1 Å². The topological polar surface area (TPSA) is 52.9 Å². The minimum Gasteiger partial charge on any atom is -0.352 e. The predicted molar refractivity (Wildman–Crippen MR) is 73.1 cm³/mol. The first-order valence-corrected chi connectivity index (χ1v) is 6.28. The Morgan fingerprint density at radius 1 is 1.14 bits per heavy atom. The highest BCUT2D eigenvalue weighted by Gasteiger charge is 2.09. The van der Waals surface area contributed by atoms with E-state index in [1.807, 2.05) is 6.07 Å². The first-order valence-electron chi connectivity index (χ1n) is 6.28. The van der Waals surface area contributed by atoms with Gasteiger partial charge in [-0.2, -0.15) is 5.26 Å². The van der Waals surface area contributed by atoms with E-state index >= 15 is 0 Å². The number of amides is 1. The third kappa shape index (κ3) is 4.11. The van der Waals surface area contributed by atoms with Gasteiger partial charge in [0.2, 0.25) is 5.91 Å². The van der Waals surface area contributed by atoms with Crippen molar-refractivity contribution >= 4 is 5.91 Å². The Kier molecular flexibility index (Phi) is 4.62. The van der Waals surface area contributed by atoms with E-state index in [1.165, 1.54) is 6.07 Å². The van der Waals surface area contributed by atoms with Crippen LogP contribution in [0.4, 0.5) is 8.78 Å². The molecule has 0 aliphatic heterocycles. The van der Waals surface area contributed by atoms with Crippen molar-refractivity contribution in [3.8, 4) is 6.07 Å². The minimum absolute atomic E-state index is 0.147. The van der Waals surface area contributed by atoms with Crippen LogP contribution in [0.1, 0.15) is 16.7 Å². The second kappa shape index (κ2) is 6.62. The van der Waals surface area contributed by atoms with Crippen molar-refractivity contribution in [2.75, 3.05) is 0 Å². The SMILES string of the molecule is N#Cc1ccc(CNC(=O)Cc2ccc(F)cc2F)cc1. The van der Waals surface area contributed by atoms with Crippen LogP contribution in [0.3, 0.4) is 0 Å². The number of nitrogens with one attached hydrogen (secondary N) is 1. The fourth-order valence-corrected chi connectivity index (χ4v) is 1.80. The molecule has 0 spiro atoms. The van der Waals surface area contributed by atoms with Crippen LogP contribution in [0.2, 0.25) is 0 Å². The Bertz CT molecular complexity index is 690. The fraction of sp³-hybridized carbons (Fsp3) is 0.125. The molecule has 21 heavy (non-hydrogen) atoms. The first kappa shape index (κ1) is 14.7. The molecule has 106 valence electrons. The van der Waals surface area contributed by atoms with Gasteiger partial charge in [-0.05, 0) is 29.3 Å². The highest BCUT2D eigenvalue weighted by Crippen LogP contribution is 2.10. The van der Waals surface area contributed by atoms with E-state index in [9.17, 15) is 13.6 Å². The molecule has 0 aliphatic rings. The smallest absolute Gasteiger partial charge is 0.224 e. The summed E-state index contributed by atoms with van der Waals surface area (Å²) in [5, 5.41) is 11.3. The number of halogens is 2. The third-order valence-corrected chi connectivity index (χ3v) is 2.94. The van der Waals surface area contributed by atoms with Gasteiger partial charge in [-0.15, -0.1) is 0 Å². The highest BCUT2D eigenvalue weighted by atomic mass is 19.1. The number of carbonyl (C=O) groups excluding carboxylic acids is 1. The molecule has 0 aromatic heterocycles. The van der Waals surface area contributed by atoms with E-state index < -0.39 is 11.6 Å². The molecule has 2 rings (SSSR count). The lowest BCUT2D eigenvalue weighted by Crippen LogP contribution is -2.24. The third-order valence-electron chi connectivity index (χ3n) is 2.94. The quantitative estimate of drug-likeness (QED) is 0.939. The number of hydrogen-bond donors (Lipinski definition) is 1. The monoisotopic (exact) mass is 286 g/mol. The predicted octanol–water partition coefficient (Wildman–Crippen LogP) is 2.70. The molecule has 3 nitrogen and oxygen atoms in total. The van der Waals surface area contributed by atoms with Crippen LogP contribution >= 0.6 is 0 Å². The summed E-state index contributed by atoms with van der Waals surface area (Å²) in [5.41, 5.74) is 1.52. The molecule has 0 aliphatic carbocycles. The average molecular weight is 286 g/mol. The van der Waals surface area contributed by atoms with Gasteiger partial charge in [-0.25, -0.2) is 8.78 Å². The normalized spacial score (nSPS) is 9.95. The second-order valence-corrected chi connectivity index (χ2v) is 4.50. The molecule has 2 aromatic carbocycles. The zero-order valence-electron chi connectivity index (χ0n) is 11.1. The molecule has 0 heterocycles. The van der Waals surface area contributed by atoms with E-state index in [-0.39, 0.29) is 24.4 Å². The van der Waals surface area contributed by atoms with E-state index in [2.05, 4.69) is 5.32 Å². The molecule has 0 bridgehead atoms. The lowest BCUT2D eigenvalue weighted by Gasteiger charge is -2.06. The maximum absolute atomic E-state index is 13.4. The summed E-state index contributed by atoms with van der Waals surface area (Å²) in [6.07, 6.45) is -0.150. The molecular weight excluding hydrogens is 274 g/mol. The Balaban J connectivity index is 1.91. The highest BCUT2D eigenvalue weighted by molar-refractivity contribution is 5.78. The summed E-state index contributed by atoms with van der Waals surface area (Å²) in [6.45, 7) is 0.285.